The normalized spacial score (nSPS) is 11.5. The Morgan fingerprint density at radius 2 is 1.93 bits per heavy atom. The molecule has 0 saturated heterocycles. The number of H-pyrrole nitrogens is 2. The maximum Gasteiger partial charge on any atom is 0.159 e. The summed E-state index contributed by atoms with van der Waals surface area (Å²) >= 11 is 1.59. The molecule has 30 heavy (non-hydrogen) atoms. The van der Waals surface area contributed by atoms with Crippen LogP contribution in [0.25, 0.3) is 55.3 Å². The zero-order chi connectivity index (χ0) is 20.1. The van der Waals surface area contributed by atoms with E-state index in [0.717, 1.165) is 16.1 Å². The number of imidazole rings is 1. The highest BCUT2D eigenvalue weighted by Gasteiger charge is 2.21. The van der Waals surface area contributed by atoms with Crippen LogP contribution >= 0.6 is 11.3 Å². The predicted molar refractivity (Wildman–Crippen MR) is 113 cm³/mol. The third-order valence-electron chi connectivity index (χ3n) is 4.88. The molecule has 0 aromatic carbocycles. The minimum Gasteiger partial charge on any atom is -0.336 e. The molecule has 7 nitrogen and oxygen atoms in total. The SMILES string of the molecule is Fc1c(-c2cccnc2)cnc2[nH]nc(-c3nc4c(-c5cccs5)nccc4[nH]3)c12. The van der Waals surface area contributed by atoms with Crippen molar-refractivity contribution in [3.05, 3.63) is 66.3 Å². The molecule has 0 saturated carbocycles. The lowest BCUT2D eigenvalue weighted by molar-refractivity contribution is 0.642. The maximum absolute atomic E-state index is 15.5. The number of thiophene rings is 1. The first-order chi connectivity index (χ1) is 14.8. The lowest BCUT2D eigenvalue weighted by atomic mass is 10.1. The van der Waals surface area contributed by atoms with Gasteiger partial charge in [0.15, 0.2) is 11.5 Å². The number of nitrogens with one attached hydrogen (secondary N) is 2. The van der Waals surface area contributed by atoms with Crippen molar-refractivity contribution >= 4 is 33.4 Å². The lowest BCUT2D eigenvalue weighted by Crippen LogP contribution is -1.91. The van der Waals surface area contributed by atoms with Crippen molar-refractivity contribution in [2.75, 3.05) is 0 Å². The number of pyridine rings is 3. The lowest BCUT2D eigenvalue weighted by Gasteiger charge is -2.03. The van der Waals surface area contributed by atoms with Gasteiger partial charge in [-0.25, -0.2) is 14.4 Å². The van der Waals surface area contributed by atoms with Crippen molar-refractivity contribution in [2.24, 2.45) is 0 Å². The van der Waals surface area contributed by atoms with E-state index in [9.17, 15) is 0 Å². The summed E-state index contributed by atoms with van der Waals surface area (Å²) in [5, 5.41) is 9.37. The van der Waals surface area contributed by atoms with Crippen LogP contribution in [0.15, 0.2) is 60.5 Å². The first-order valence-corrected chi connectivity index (χ1v) is 9.99. The van der Waals surface area contributed by atoms with Gasteiger partial charge in [0.2, 0.25) is 0 Å². The Labute approximate surface area is 172 Å². The van der Waals surface area contributed by atoms with Gasteiger partial charge in [0.1, 0.15) is 22.7 Å². The van der Waals surface area contributed by atoms with Gasteiger partial charge < -0.3 is 4.98 Å². The molecule has 2 N–H and O–H groups in total. The Kier molecular flexibility index (Phi) is 3.68. The Morgan fingerprint density at radius 3 is 2.77 bits per heavy atom. The van der Waals surface area contributed by atoms with Crippen molar-refractivity contribution in [1.29, 1.82) is 0 Å². The monoisotopic (exact) mass is 413 g/mol. The van der Waals surface area contributed by atoms with Crippen LogP contribution in [0.1, 0.15) is 0 Å². The van der Waals surface area contributed by atoms with E-state index >= 15 is 4.39 Å². The Balaban J connectivity index is 1.57. The highest BCUT2D eigenvalue weighted by atomic mass is 32.1. The zero-order valence-electron chi connectivity index (χ0n) is 15.3. The minimum atomic E-state index is -0.422. The number of fused-ring (bicyclic) bond motifs is 2. The molecule has 0 atom stereocenters. The van der Waals surface area contributed by atoms with Crippen LogP contribution in [-0.2, 0) is 0 Å². The molecule has 0 aliphatic rings. The molecule has 0 fully saturated rings. The molecule has 6 aromatic rings. The van der Waals surface area contributed by atoms with E-state index in [4.69, 9.17) is 4.98 Å². The fourth-order valence-corrected chi connectivity index (χ4v) is 4.21. The number of halogens is 1. The summed E-state index contributed by atoms with van der Waals surface area (Å²) < 4.78 is 15.5. The quantitative estimate of drug-likeness (QED) is 0.433. The van der Waals surface area contributed by atoms with Crippen molar-refractivity contribution in [2.45, 2.75) is 0 Å². The summed E-state index contributed by atoms with van der Waals surface area (Å²) in [6, 6.07) is 9.35. The van der Waals surface area contributed by atoms with E-state index < -0.39 is 5.82 Å². The van der Waals surface area contributed by atoms with Crippen LogP contribution in [0.2, 0.25) is 0 Å². The molecule has 0 aliphatic heterocycles. The number of rotatable bonds is 3. The minimum absolute atomic E-state index is 0.279. The average molecular weight is 413 g/mol. The van der Waals surface area contributed by atoms with E-state index in [1.54, 1.807) is 42.1 Å². The summed E-state index contributed by atoms with van der Waals surface area (Å²) in [6.45, 7) is 0. The van der Waals surface area contributed by atoms with Crippen molar-refractivity contribution in [3.8, 4) is 33.2 Å². The Morgan fingerprint density at radius 1 is 0.967 bits per heavy atom. The second-order valence-electron chi connectivity index (χ2n) is 6.64. The van der Waals surface area contributed by atoms with Crippen LogP contribution in [-0.4, -0.2) is 35.1 Å². The van der Waals surface area contributed by atoms with Crippen LogP contribution in [0.5, 0.6) is 0 Å². The number of aromatic nitrogens is 7. The molecule has 6 aromatic heterocycles. The number of hydrogen-bond donors (Lipinski definition) is 2. The van der Waals surface area contributed by atoms with Crippen LogP contribution < -0.4 is 0 Å². The second-order valence-corrected chi connectivity index (χ2v) is 7.59. The topological polar surface area (TPSA) is 96.0 Å². The van der Waals surface area contributed by atoms with Gasteiger partial charge in [-0.3, -0.25) is 15.1 Å². The first-order valence-electron chi connectivity index (χ1n) is 9.11. The third-order valence-corrected chi connectivity index (χ3v) is 5.75. The fourth-order valence-electron chi connectivity index (χ4n) is 3.49. The zero-order valence-corrected chi connectivity index (χ0v) is 16.1. The second kappa shape index (κ2) is 6.53. The largest absolute Gasteiger partial charge is 0.336 e. The highest BCUT2D eigenvalue weighted by Crippen LogP contribution is 2.34. The number of aromatic amines is 2. The Hall–Kier alpha value is -3.98. The molecule has 0 radical (unpaired) electrons. The van der Waals surface area contributed by atoms with Gasteiger partial charge in [-0.1, -0.05) is 12.1 Å². The van der Waals surface area contributed by atoms with Crippen molar-refractivity contribution in [1.82, 2.24) is 35.1 Å². The standard InChI is InChI=1S/C21H12FN7S/c22-16-12(11-3-1-6-23-9-11)10-25-20-15(16)19(28-29-20)21-26-13-5-7-24-18(17(13)27-21)14-4-2-8-30-14/h1-10H,(H,26,27)(H,25,28,29). The summed E-state index contributed by atoms with van der Waals surface area (Å²) in [5.41, 5.74) is 4.01. The fraction of sp³-hybridized carbons (Fsp3) is 0. The van der Waals surface area contributed by atoms with Gasteiger partial charge in [0.05, 0.1) is 15.8 Å². The van der Waals surface area contributed by atoms with Gasteiger partial charge in [-0.15, -0.1) is 11.3 Å². The first kappa shape index (κ1) is 16.9. The number of hydrogen-bond acceptors (Lipinski definition) is 6. The predicted octanol–water partition coefficient (Wildman–Crippen LogP) is 4.83. The maximum atomic E-state index is 15.5. The van der Waals surface area contributed by atoms with E-state index in [1.165, 1.54) is 6.20 Å². The van der Waals surface area contributed by atoms with E-state index in [1.807, 2.05) is 23.6 Å². The summed E-state index contributed by atoms with van der Waals surface area (Å²) in [6.07, 6.45) is 6.45. The van der Waals surface area contributed by atoms with Gasteiger partial charge in [0, 0.05) is 35.9 Å². The Bertz CT molecular complexity index is 1500. The molecular formula is C21H12FN7S. The smallest absolute Gasteiger partial charge is 0.159 e. The molecule has 0 aliphatic carbocycles. The molecule has 0 spiro atoms. The third kappa shape index (κ3) is 2.52. The molecule has 9 heteroatoms. The van der Waals surface area contributed by atoms with E-state index in [0.29, 0.717) is 33.8 Å². The summed E-state index contributed by atoms with van der Waals surface area (Å²) in [5.74, 6) is 0.0277. The van der Waals surface area contributed by atoms with Gasteiger partial charge >= 0.3 is 0 Å². The van der Waals surface area contributed by atoms with Crippen LogP contribution in [0, 0.1) is 5.82 Å². The molecule has 0 amide bonds. The molecule has 0 unspecified atom stereocenters. The van der Waals surface area contributed by atoms with Crippen LogP contribution in [0.4, 0.5) is 4.39 Å². The van der Waals surface area contributed by atoms with Crippen molar-refractivity contribution in [3.63, 3.8) is 0 Å². The molecule has 144 valence electrons. The van der Waals surface area contributed by atoms with Crippen molar-refractivity contribution < 1.29 is 4.39 Å². The molecule has 6 heterocycles. The van der Waals surface area contributed by atoms with Gasteiger partial charge in [0.25, 0.3) is 0 Å². The molecule has 0 bridgehead atoms. The summed E-state index contributed by atoms with van der Waals surface area (Å²) in [4.78, 5) is 21.9. The average Bonchev–Trinajstić information content (AvgIpc) is 3.53. The molecule has 6 rings (SSSR count). The van der Waals surface area contributed by atoms with Crippen LogP contribution in [0.3, 0.4) is 0 Å². The highest BCUT2D eigenvalue weighted by molar-refractivity contribution is 7.13. The summed E-state index contributed by atoms with van der Waals surface area (Å²) in [7, 11) is 0. The number of nitrogens with zero attached hydrogens (tertiary/aromatic N) is 5. The van der Waals surface area contributed by atoms with Gasteiger partial charge in [-0.2, -0.15) is 5.10 Å². The van der Waals surface area contributed by atoms with E-state index in [2.05, 4.69) is 30.1 Å². The van der Waals surface area contributed by atoms with E-state index in [-0.39, 0.29) is 5.39 Å². The molecular weight excluding hydrogens is 401 g/mol. The van der Waals surface area contributed by atoms with Gasteiger partial charge in [-0.05, 0) is 23.6 Å².